The average Bonchev–Trinajstić information content (AvgIpc) is 2.89. The highest BCUT2D eigenvalue weighted by atomic mass is 31.2. The molecule has 2 rings (SSSR count). The standard InChI is InChI=1S/C16H21N2O7P/c1-11(26(22,23-2)24-3)17-14(19)10-25-9-8-18-15(20)12-6-4-5-7-13(12)16(18)21/h4-7,11H,8-10H2,1-3H3,(H,17,19). The van der Waals surface area contributed by atoms with Crippen LogP contribution in [0.25, 0.3) is 0 Å². The molecule has 1 aromatic rings. The van der Waals surface area contributed by atoms with Gasteiger partial charge in [0, 0.05) is 14.2 Å². The first kappa shape index (κ1) is 20.3. The van der Waals surface area contributed by atoms with E-state index in [9.17, 15) is 18.9 Å². The molecular weight excluding hydrogens is 363 g/mol. The molecule has 3 amide bonds. The number of benzene rings is 1. The first-order valence-corrected chi connectivity index (χ1v) is 9.48. The number of hydrogen-bond acceptors (Lipinski definition) is 7. The predicted molar refractivity (Wildman–Crippen MR) is 91.9 cm³/mol. The van der Waals surface area contributed by atoms with Crippen molar-refractivity contribution >= 4 is 25.3 Å². The molecule has 1 aliphatic heterocycles. The van der Waals surface area contributed by atoms with Gasteiger partial charge < -0.3 is 19.1 Å². The lowest BCUT2D eigenvalue weighted by Crippen LogP contribution is -2.37. The molecule has 1 atom stereocenters. The third kappa shape index (κ3) is 4.19. The molecule has 1 N–H and O–H groups in total. The molecule has 0 aliphatic carbocycles. The molecule has 0 aromatic heterocycles. The van der Waals surface area contributed by atoms with E-state index in [4.69, 9.17) is 13.8 Å². The highest BCUT2D eigenvalue weighted by Crippen LogP contribution is 2.50. The number of fused-ring (bicyclic) bond motifs is 1. The SMILES string of the molecule is COP(=O)(OC)C(C)NC(=O)COCCN1C(=O)c2ccccc2C1=O. The third-order valence-electron chi connectivity index (χ3n) is 3.92. The molecule has 0 spiro atoms. The Labute approximate surface area is 151 Å². The zero-order chi connectivity index (χ0) is 19.3. The smallest absolute Gasteiger partial charge is 0.351 e. The van der Waals surface area contributed by atoms with E-state index < -0.39 is 19.3 Å². The number of rotatable bonds is 9. The fraction of sp³-hybridized carbons (Fsp3) is 0.438. The molecule has 0 fully saturated rings. The van der Waals surface area contributed by atoms with Gasteiger partial charge in [-0.25, -0.2) is 0 Å². The largest absolute Gasteiger partial charge is 0.370 e. The number of carbonyl (C=O) groups is 3. The molecule has 1 aliphatic rings. The lowest BCUT2D eigenvalue weighted by Gasteiger charge is -2.21. The Kier molecular flexibility index (Phi) is 6.66. The van der Waals surface area contributed by atoms with Crippen molar-refractivity contribution in [2.75, 3.05) is 34.0 Å². The van der Waals surface area contributed by atoms with Gasteiger partial charge in [0.2, 0.25) is 5.91 Å². The van der Waals surface area contributed by atoms with Crippen LogP contribution in [0.3, 0.4) is 0 Å². The minimum absolute atomic E-state index is 0.000510. The van der Waals surface area contributed by atoms with Crippen LogP contribution in [0.5, 0.6) is 0 Å². The van der Waals surface area contributed by atoms with E-state index in [1.54, 1.807) is 24.3 Å². The molecule has 0 saturated carbocycles. The van der Waals surface area contributed by atoms with E-state index in [0.29, 0.717) is 11.1 Å². The lowest BCUT2D eigenvalue weighted by atomic mass is 10.1. The number of ether oxygens (including phenoxy) is 1. The second-order valence-corrected chi connectivity index (χ2v) is 8.09. The Morgan fingerprint density at radius 3 is 2.19 bits per heavy atom. The molecule has 0 bridgehead atoms. The average molecular weight is 384 g/mol. The maximum Gasteiger partial charge on any atom is 0.351 e. The van der Waals surface area contributed by atoms with E-state index >= 15 is 0 Å². The quantitative estimate of drug-likeness (QED) is 0.387. The summed E-state index contributed by atoms with van der Waals surface area (Å²) >= 11 is 0. The van der Waals surface area contributed by atoms with Crippen molar-refractivity contribution in [2.24, 2.45) is 0 Å². The van der Waals surface area contributed by atoms with Crippen LogP contribution in [0.15, 0.2) is 24.3 Å². The summed E-state index contributed by atoms with van der Waals surface area (Å²) in [4.78, 5) is 37.2. The normalized spacial score (nSPS) is 15.1. The molecule has 9 nitrogen and oxygen atoms in total. The Hall–Kier alpha value is -2.06. The van der Waals surface area contributed by atoms with Crippen LogP contribution in [0, 0.1) is 0 Å². The second kappa shape index (κ2) is 8.55. The van der Waals surface area contributed by atoms with E-state index in [1.807, 2.05) is 0 Å². The first-order chi connectivity index (χ1) is 12.3. The second-order valence-electron chi connectivity index (χ2n) is 5.51. The summed E-state index contributed by atoms with van der Waals surface area (Å²) < 4.78 is 26.9. The molecule has 1 unspecified atom stereocenters. The van der Waals surface area contributed by atoms with Crippen LogP contribution in [-0.2, 0) is 23.1 Å². The van der Waals surface area contributed by atoms with Gasteiger partial charge in [-0.1, -0.05) is 12.1 Å². The molecule has 1 heterocycles. The zero-order valence-corrected chi connectivity index (χ0v) is 15.7. The van der Waals surface area contributed by atoms with E-state index in [-0.39, 0.29) is 31.6 Å². The Balaban J connectivity index is 1.78. The van der Waals surface area contributed by atoms with Crippen LogP contribution < -0.4 is 5.32 Å². The van der Waals surface area contributed by atoms with Crippen LogP contribution in [0.4, 0.5) is 0 Å². The third-order valence-corrected chi connectivity index (χ3v) is 6.02. The maximum absolute atomic E-state index is 12.2. The van der Waals surface area contributed by atoms with Gasteiger partial charge in [-0.15, -0.1) is 0 Å². The van der Waals surface area contributed by atoms with Gasteiger partial charge in [0.25, 0.3) is 11.8 Å². The van der Waals surface area contributed by atoms with Crippen molar-refractivity contribution in [1.82, 2.24) is 10.2 Å². The highest BCUT2D eigenvalue weighted by Gasteiger charge is 2.35. The molecule has 26 heavy (non-hydrogen) atoms. The number of nitrogens with zero attached hydrogens (tertiary/aromatic N) is 1. The van der Waals surface area contributed by atoms with E-state index in [1.165, 1.54) is 21.1 Å². The van der Waals surface area contributed by atoms with E-state index in [2.05, 4.69) is 5.32 Å². The fourth-order valence-electron chi connectivity index (χ4n) is 2.51. The van der Waals surface area contributed by atoms with Crippen molar-refractivity contribution in [2.45, 2.75) is 12.7 Å². The Bertz CT molecular complexity index is 709. The van der Waals surface area contributed by atoms with Gasteiger partial charge in [-0.05, 0) is 19.1 Å². The summed E-state index contributed by atoms with van der Waals surface area (Å²) in [5.41, 5.74) is 0.720. The van der Waals surface area contributed by atoms with Crippen LogP contribution in [-0.4, -0.2) is 62.4 Å². The van der Waals surface area contributed by atoms with Crippen molar-refractivity contribution in [3.8, 4) is 0 Å². The van der Waals surface area contributed by atoms with Gasteiger partial charge in [-0.3, -0.25) is 23.8 Å². The molecule has 0 radical (unpaired) electrons. The molecule has 142 valence electrons. The molecule has 10 heteroatoms. The number of hydrogen-bond donors (Lipinski definition) is 1. The highest BCUT2D eigenvalue weighted by molar-refractivity contribution is 7.54. The van der Waals surface area contributed by atoms with Crippen molar-refractivity contribution in [1.29, 1.82) is 0 Å². The van der Waals surface area contributed by atoms with Gasteiger partial charge in [-0.2, -0.15) is 0 Å². The predicted octanol–water partition coefficient (Wildman–Crippen LogP) is 1.25. The monoisotopic (exact) mass is 384 g/mol. The molecule has 1 aromatic carbocycles. The Morgan fingerprint density at radius 2 is 1.69 bits per heavy atom. The number of amides is 3. The van der Waals surface area contributed by atoms with Crippen LogP contribution >= 0.6 is 7.60 Å². The van der Waals surface area contributed by atoms with Gasteiger partial charge in [0.1, 0.15) is 12.4 Å². The summed E-state index contributed by atoms with van der Waals surface area (Å²) in [6, 6.07) is 6.56. The summed E-state index contributed by atoms with van der Waals surface area (Å²) in [6.07, 6.45) is 0. The Morgan fingerprint density at radius 1 is 1.15 bits per heavy atom. The van der Waals surface area contributed by atoms with Crippen molar-refractivity contribution < 1.29 is 32.7 Å². The fourth-order valence-corrected chi connectivity index (χ4v) is 3.59. The van der Waals surface area contributed by atoms with E-state index in [0.717, 1.165) is 4.90 Å². The first-order valence-electron chi connectivity index (χ1n) is 7.87. The summed E-state index contributed by atoms with van der Waals surface area (Å²) in [5, 5.41) is 2.46. The van der Waals surface area contributed by atoms with Gasteiger partial charge in [0.05, 0.1) is 24.3 Å². The minimum Gasteiger partial charge on any atom is -0.370 e. The number of carbonyl (C=O) groups excluding carboxylic acids is 3. The number of imide groups is 1. The van der Waals surface area contributed by atoms with Crippen LogP contribution in [0.1, 0.15) is 27.6 Å². The molecular formula is C16H21N2O7P. The topological polar surface area (TPSA) is 111 Å². The zero-order valence-electron chi connectivity index (χ0n) is 14.8. The molecule has 0 saturated heterocycles. The summed E-state index contributed by atoms with van der Waals surface area (Å²) in [6.45, 7) is 1.20. The van der Waals surface area contributed by atoms with Gasteiger partial charge in [0.15, 0.2) is 0 Å². The summed E-state index contributed by atoms with van der Waals surface area (Å²) in [7, 11) is -0.962. The number of nitrogens with one attached hydrogen (secondary N) is 1. The minimum atomic E-state index is -3.42. The maximum atomic E-state index is 12.2. The van der Waals surface area contributed by atoms with Crippen molar-refractivity contribution in [3.05, 3.63) is 35.4 Å². The summed E-state index contributed by atoms with van der Waals surface area (Å²) in [5.74, 6) is -2.12. The van der Waals surface area contributed by atoms with Gasteiger partial charge >= 0.3 is 7.60 Å². The lowest BCUT2D eigenvalue weighted by molar-refractivity contribution is -0.126. The van der Waals surface area contributed by atoms with Crippen molar-refractivity contribution in [3.63, 3.8) is 0 Å². The van der Waals surface area contributed by atoms with Crippen LogP contribution in [0.2, 0.25) is 0 Å².